The van der Waals surface area contributed by atoms with Crippen molar-refractivity contribution in [2.75, 3.05) is 26.3 Å². The number of fused-ring (bicyclic) bond motifs is 1. The number of rotatable bonds is 5. The molecule has 35 heavy (non-hydrogen) atoms. The number of likely N-dealkylation sites (tertiary alicyclic amines) is 1. The van der Waals surface area contributed by atoms with Crippen molar-refractivity contribution in [2.45, 2.75) is 38.4 Å². The molecule has 5 rings (SSSR count). The van der Waals surface area contributed by atoms with Gasteiger partial charge >= 0.3 is 0 Å². The molecular formula is C27H28N4O4. The van der Waals surface area contributed by atoms with E-state index in [9.17, 15) is 15.2 Å². The van der Waals surface area contributed by atoms with Crippen molar-refractivity contribution in [3.05, 3.63) is 53.9 Å². The molecule has 1 fully saturated rings. The summed E-state index contributed by atoms with van der Waals surface area (Å²) in [7, 11) is 0. The molecule has 1 amide bonds. The highest BCUT2D eigenvalue weighted by atomic mass is 16.5. The topological polar surface area (TPSA) is 111 Å². The van der Waals surface area contributed by atoms with Crippen molar-refractivity contribution >= 4 is 22.5 Å². The molecule has 3 aromatic rings. The summed E-state index contributed by atoms with van der Waals surface area (Å²) in [5.74, 6) is 0.289. The number of hydrogen-bond acceptors (Lipinski definition) is 6. The molecule has 180 valence electrons. The maximum Gasteiger partial charge on any atom is 0.251 e. The van der Waals surface area contributed by atoms with E-state index in [-0.39, 0.29) is 12.0 Å². The Bertz CT molecular complexity index is 1310. The van der Waals surface area contributed by atoms with Crippen molar-refractivity contribution in [3.63, 3.8) is 0 Å². The van der Waals surface area contributed by atoms with Gasteiger partial charge in [-0.15, -0.1) is 0 Å². The number of aliphatic hydroxyl groups is 1. The second-order valence-electron chi connectivity index (χ2n) is 9.02. The quantitative estimate of drug-likeness (QED) is 0.586. The van der Waals surface area contributed by atoms with Crippen LogP contribution in [0.3, 0.4) is 0 Å². The number of benzene rings is 1. The number of carbonyl (C=O) groups is 1. The first kappa shape index (κ1) is 23.1. The first-order valence-corrected chi connectivity index (χ1v) is 12.0. The van der Waals surface area contributed by atoms with Crippen molar-refractivity contribution in [1.29, 1.82) is 5.26 Å². The van der Waals surface area contributed by atoms with Gasteiger partial charge in [0.05, 0.1) is 18.8 Å². The van der Waals surface area contributed by atoms with Gasteiger partial charge in [-0.05, 0) is 48.2 Å². The minimum atomic E-state index is -0.991. The third-order valence-electron chi connectivity index (χ3n) is 6.68. The number of ether oxygens (including phenoxy) is 2. The number of pyridine rings is 1. The fourth-order valence-electron chi connectivity index (χ4n) is 4.73. The zero-order valence-electron chi connectivity index (χ0n) is 19.7. The summed E-state index contributed by atoms with van der Waals surface area (Å²) >= 11 is 0. The predicted molar refractivity (Wildman–Crippen MR) is 132 cm³/mol. The lowest BCUT2D eigenvalue weighted by atomic mass is 9.99. The number of aliphatic hydroxyl groups excluding tert-OH is 1. The second-order valence-corrected chi connectivity index (χ2v) is 9.02. The van der Waals surface area contributed by atoms with E-state index in [0.29, 0.717) is 50.5 Å². The van der Waals surface area contributed by atoms with Crippen molar-refractivity contribution in [3.8, 4) is 22.9 Å². The monoisotopic (exact) mass is 472 g/mol. The lowest BCUT2D eigenvalue weighted by molar-refractivity contribution is -0.141. The number of H-pyrrole nitrogens is 1. The minimum Gasteiger partial charge on any atom is -0.489 e. The molecule has 1 aromatic carbocycles. The van der Waals surface area contributed by atoms with Gasteiger partial charge in [0.1, 0.15) is 29.7 Å². The summed E-state index contributed by atoms with van der Waals surface area (Å²) in [5, 5.41) is 20.3. The zero-order valence-corrected chi connectivity index (χ0v) is 19.7. The first-order chi connectivity index (χ1) is 17.0. The maximum absolute atomic E-state index is 12.0. The highest BCUT2D eigenvalue weighted by Gasteiger charge is 2.26. The molecule has 8 heteroatoms. The SMILES string of the molecule is C[C@H](O)C(=O)N1CCC(Oc2ccc(-c3c[nH]c4ncc(C5=CCOCC5)cc34)cc2C#N)CC1. The normalized spacial score (nSPS) is 17.6. The number of piperidine rings is 1. The standard InChI is InChI=1S/C27H28N4O4/c1-17(32)27(33)31-8-4-22(5-9-31)35-25-3-2-19(12-20(25)14-28)24-16-30-26-23(24)13-21(15-29-26)18-6-10-34-11-7-18/h2-3,6,12-13,15-17,22,32H,4-5,7-11H2,1H3,(H,29,30)/t17-/m0/s1. The number of nitrogens with one attached hydrogen (secondary N) is 1. The molecule has 0 radical (unpaired) electrons. The van der Waals surface area contributed by atoms with Gasteiger partial charge in [0.15, 0.2) is 0 Å². The Kier molecular flexibility index (Phi) is 6.53. The highest BCUT2D eigenvalue weighted by Crippen LogP contribution is 2.34. The summed E-state index contributed by atoms with van der Waals surface area (Å²) in [4.78, 5) is 21.5. The summed E-state index contributed by atoms with van der Waals surface area (Å²) in [5.41, 5.74) is 5.49. The number of nitrogens with zero attached hydrogens (tertiary/aromatic N) is 3. The van der Waals surface area contributed by atoms with Crippen LogP contribution in [-0.2, 0) is 9.53 Å². The molecule has 2 aromatic heterocycles. The molecule has 2 aliphatic rings. The van der Waals surface area contributed by atoms with Gasteiger partial charge in [-0.25, -0.2) is 4.98 Å². The third-order valence-corrected chi connectivity index (χ3v) is 6.68. The zero-order chi connectivity index (χ0) is 24.4. The molecule has 0 unspecified atom stereocenters. The number of hydrogen-bond donors (Lipinski definition) is 2. The molecule has 2 N–H and O–H groups in total. The molecule has 4 heterocycles. The average Bonchev–Trinajstić information content (AvgIpc) is 3.33. The van der Waals surface area contributed by atoms with E-state index in [1.807, 2.05) is 30.6 Å². The Morgan fingerprint density at radius 2 is 2.14 bits per heavy atom. The Labute approximate surface area is 203 Å². The van der Waals surface area contributed by atoms with Crippen molar-refractivity contribution in [1.82, 2.24) is 14.9 Å². The highest BCUT2D eigenvalue weighted by molar-refractivity contribution is 5.95. The predicted octanol–water partition coefficient (Wildman–Crippen LogP) is 3.66. The van der Waals surface area contributed by atoms with E-state index >= 15 is 0 Å². The summed E-state index contributed by atoms with van der Waals surface area (Å²) in [6.45, 7) is 3.88. The van der Waals surface area contributed by atoms with Gasteiger partial charge in [0.2, 0.25) is 0 Å². The minimum absolute atomic E-state index is 0.0846. The Hall–Kier alpha value is -3.67. The van der Waals surface area contributed by atoms with Crippen LogP contribution < -0.4 is 4.74 Å². The number of nitriles is 1. The summed E-state index contributed by atoms with van der Waals surface area (Å²) < 4.78 is 11.6. The number of aromatic amines is 1. The molecule has 0 saturated carbocycles. The Morgan fingerprint density at radius 1 is 1.31 bits per heavy atom. The van der Waals surface area contributed by atoms with E-state index in [4.69, 9.17) is 9.47 Å². The van der Waals surface area contributed by atoms with Crippen LogP contribution in [-0.4, -0.2) is 64.4 Å². The molecule has 0 spiro atoms. The molecule has 1 atom stereocenters. The molecule has 0 bridgehead atoms. The van der Waals surface area contributed by atoms with Crippen LogP contribution in [0.1, 0.15) is 37.3 Å². The maximum atomic E-state index is 12.0. The third kappa shape index (κ3) is 4.78. The number of aromatic nitrogens is 2. The largest absolute Gasteiger partial charge is 0.489 e. The fraction of sp³-hybridized carbons (Fsp3) is 0.370. The van der Waals surface area contributed by atoms with Gasteiger partial charge in [0.25, 0.3) is 5.91 Å². The lowest BCUT2D eigenvalue weighted by Gasteiger charge is -2.33. The van der Waals surface area contributed by atoms with Crippen LogP contribution in [0, 0.1) is 11.3 Å². The van der Waals surface area contributed by atoms with Crippen LogP contribution in [0.25, 0.3) is 27.7 Å². The van der Waals surface area contributed by atoms with E-state index in [2.05, 4.69) is 28.2 Å². The molecule has 1 saturated heterocycles. The second kappa shape index (κ2) is 9.90. The Balaban J connectivity index is 1.36. The van der Waals surface area contributed by atoms with E-state index in [0.717, 1.165) is 34.1 Å². The van der Waals surface area contributed by atoms with Crippen molar-refractivity contribution < 1.29 is 19.4 Å². The van der Waals surface area contributed by atoms with E-state index < -0.39 is 6.10 Å². The van der Waals surface area contributed by atoms with E-state index in [1.165, 1.54) is 12.5 Å². The fourth-order valence-corrected chi connectivity index (χ4v) is 4.73. The van der Waals surface area contributed by atoms with Crippen molar-refractivity contribution in [2.24, 2.45) is 0 Å². The van der Waals surface area contributed by atoms with Gasteiger partial charge in [-0.2, -0.15) is 5.26 Å². The summed E-state index contributed by atoms with van der Waals surface area (Å²) in [6.07, 6.45) is 7.01. The smallest absolute Gasteiger partial charge is 0.251 e. The summed E-state index contributed by atoms with van der Waals surface area (Å²) in [6, 6.07) is 10.1. The van der Waals surface area contributed by atoms with Gasteiger partial charge in [0, 0.05) is 49.3 Å². The number of carbonyl (C=O) groups excluding carboxylic acids is 1. The average molecular weight is 473 g/mol. The van der Waals surface area contributed by atoms with Gasteiger partial charge < -0.3 is 24.5 Å². The molecule has 0 aliphatic carbocycles. The van der Waals surface area contributed by atoms with Crippen LogP contribution in [0.4, 0.5) is 0 Å². The van der Waals surface area contributed by atoms with Crippen LogP contribution in [0.2, 0.25) is 0 Å². The molecule has 2 aliphatic heterocycles. The Morgan fingerprint density at radius 3 is 2.86 bits per heavy atom. The van der Waals surface area contributed by atoms with Crippen LogP contribution in [0.5, 0.6) is 5.75 Å². The van der Waals surface area contributed by atoms with Crippen LogP contribution in [0.15, 0.2) is 42.7 Å². The number of amides is 1. The van der Waals surface area contributed by atoms with Gasteiger partial charge in [-0.1, -0.05) is 12.1 Å². The van der Waals surface area contributed by atoms with Crippen LogP contribution >= 0.6 is 0 Å². The lowest BCUT2D eigenvalue weighted by Crippen LogP contribution is -2.45. The molecule has 8 nitrogen and oxygen atoms in total. The first-order valence-electron chi connectivity index (χ1n) is 12.0. The van der Waals surface area contributed by atoms with E-state index in [1.54, 1.807) is 4.90 Å². The molecular weight excluding hydrogens is 444 g/mol. The van der Waals surface area contributed by atoms with Gasteiger partial charge in [-0.3, -0.25) is 4.79 Å².